The monoisotopic (exact) mass is 461 g/mol. The highest BCUT2D eigenvalue weighted by atomic mass is 19.4. The van der Waals surface area contributed by atoms with E-state index in [1.54, 1.807) is 30.9 Å². The number of nitrogens with zero attached hydrogens (tertiary/aromatic N) is 4. The summed E-state index contributed by atoms with van der Waals surface area (Å²) in [5.74, 6) is -2.35. The average molecular weight is 461 g/mol. The van der Waals surface area contributed by atoms with Gasteiger partial charge in [-0.15, -0.1) is 0 Å². The van der Waals surface area contributed by atoms with Gasteiger partial charge in [-0.05, 0) is 38.3 Å². The zero-order chi connectivity index (χ0) is 24.0. The van der Waals surface area contributed by atoms with Crippen LogP contribution in [-0.4, -0.2) is 38.9 Å². The van der Waals surface area contributed by atoms with Crippen LogP contribution in [0.4, 0.5) is 13.2 Å². The molecule has 0 bridgehead atoms. The van der Waals surface area contributed by atoms with Gasteiger partial charge in [0.15, 0.2) is 0 Å². The van der Waals surface area contributed by atoms with Crippen LogP contribution in [0.1, 0.15) is 61.3 Å². The topological polar surface area (TPSA) is 112 Å². The predicted molar refractivity (Wildman–Crippen MR) is 108 cm³/mol. The van der Waals surface area contributed by atoms with Crippen LogP contribution in [-0.2, 0) is 17.5 Å². The lowest BCUT2D eigenvalue weighted by Crippen LogP contribution is -2.55. The number of carbonyl (C=O) groups is 2. The Balaban J connectivity index is 1.56. The SMILES string of the molecule is CC(C)(C#N)C(=O)N[C@@H]1CCCC[C@H]1N1Cc2ccc(-c3noc(C(F)(F)F)n3)cc2C1=O. The van der Waals surface area contributed by atoms with Gasteiger partial charge in [-0.25, -0.2) is 0 Å². The molecule has 174 valence electrons. The summed E-state index contributed by atoms with van der Waals surface area (Å²) in [5, 5.41) is 15.6. The van der Waals surface area contributed by atoms with Crippen molar-refractivity contribution < 1.29 is 27.3 Å². The number of rotatable bonds is 4. The summed E-state index contributed by atoms with van der Waals surface area (Å²) in [6, 6.07) is 6.14. The Morgan fingerprint density at radius 3 is 2.67 bits per heavy atom. The summed E-state index contributed by atoms with van der Waals surface area (Å²) in [4.78, 5) is 30.9. The molecule has 2 aliphatic rings. The lowest BCUT2D eigenvalue weighted by atomic mass is 9.87. The number of halogens is 3. The molecule has 4 rings (SSSR count). The van der Waals surface area contributed by atoms with Crippen LogP contribution >= 0.6 is 0 Å². The molecule has 8 nitrogen and oxygen atoms in total. The number of hydrogen-bond donors (Lipinski definition) is 1. The average Bonchev–Trinajstić information content (AvgIpc) is 3.39. The number of amides is 2. The largest absolute Gasteiger partial charge is 0.471 e. The first-order chi connectivity index (χ1) is 15.5. The first-order valence-corrected chi connectivity index (χ1v) is 10.6. The zero-order valence-corrected chi connectivity index (χ0v) is 18.1. The number of benzene rings is 1. The van der Waals surface area contributed by atoms with Crippen molar-refractivity contribution in [2.24, 2.45) is 5.41 Å². The van der Waals surface area contributed by atoms with Gasteiger partial charge >= 0.3 is 12.1 Å². The molecular weight excluding hydrogens is 439 g/mol. The van der Waals surface area contributed by atoms with Gasteiger partial charge in [-0.1, -0.05) is 30.1 Å². The van der Waals surface area contributed by atoms with Crippen LogP contribution in [0.15, 0.2) is 22.7 Å². The van der Waals surface area contributed by atoms with Crippen LogP contribution in [0.25, 0.3) is 11.4 Å². The first-order valence-electron chi connectivity index (χ1n) is 10.6. The molecule has 0 saturated heterocycles. The molecule has 1 fully saturated rings. The van der Waals surface area contributed by atoms with Gasteiger partial charge in [-0.2, -0.15) is 23.4 Å². The second kappa shape index (κ2) is 8.17. The van der Waals surface area contributed by atoms with Crippen molar-refractivity contribution in [2.45, 2.75) is 64.3 Å². The van der Waals surface area contributed by atoms with E-state index < -0.39 is 17.5 Å². The molecule has 0 unspecified atom stereocenters. The molecule has 0 radical (unpaired) electrons. The number of nitrogens with one attached hydrogen (secondary N) is 1. The molecule has 1 N–H and O–H groups in total. The van der Waals surface area contributed by atoms with Gasteiger partial charge in [0, 0.05) is 23.7 Å². The van der Waals surface area contributed by atoms with Crippen molar-refractivity contribution in [3.8, 4) is 17.5 Å². The lowest BCUT2D eigenvalue weighted by Gasteiger charge is -2.39. The van der Waals surface area contributed by atoms with Gasteiger partial charge in [0.25, 0.3) is 5.91 Å². The Bertz CT molecular complexity index is 1140. The Morgan fingerprint density at radius 2 is 2.00 bits per heavy atom. The fraction of sp³-hybridized carbons (Fsp3) is 0.500. The van der Waals surface area contributed by atoms with E-state index in [1.807, 2.05) is 6.07 Å². The molecular formula is C22H22F3N5O3. The summed E-state index contributed by atoms with van der Waals surface area (Å²) in [6.07, 6.45) is -1.58. The number of hydrogen-bond acceptors (Lipinski definition) is 6. The number of alkyl halides is 3. The van der Waals surface area contributed by atoms with Crippen LogP contribution in [0.2, 0.25) is 0 Å². The molecule has 2 amide bonds. The molecule has 33 heavy (non-hydrogen) atoms. The van der Waals surface area contributed by atoms with Gasteiger partial charge in [-0.3, -0.25) is 9.59 Å². The van der Waals surface area contributed by atoms with E-state index in [0.717, 1.165) is 18.4 Å². The maximum atomic E-state index is 13.2. The minimum atomic E-state index is -4.75. The normalized spacial score (nSPS) is 21.0. The summed E-state index contributed by atoms with van der Waals surface area (Å²) in [7, 11) is 0. The van der Waals surface area contributed by atoms with Gasteiger partial charge in [0.05, 0.1) is 12.1 Å². The van der Waals surface area contributed by atoms with Crippen LogP contribution in [0.3, 0.4) is 0 Å². The maximum absolute atomic E-state index is 13.2. The summed E-state index contributed by atoms with van der Waals surface area (Å²) in [6.45, 7) is 3.41. The van der Waals surface area contributed by atoms with E-state index in [9.17, 15) is 28.0 Å². The third kappa shape index (κ3) is 4.29. The number of nitriles is 1. The van der Waals surface area contributed by atoms with Crippen molar-refractivity contribution in [1.82, 2.24) is 20.4 Å². The number of carbonyl (C=O) groups excluding carboxylic acids is 2. The van der Waals surface area contributed by atoms with Gasteiger partial charge in [0.1, 0.15) is 5.41 Å². The molecule has 2 atom stereocenters. The fourth-order valence-electron chi connectivity index (χ4n) is 4.24. The molecule has 1 aliphatic heterocycles. The van der Waals surface area contributed by atoms with Crippen LogP contribution in [0.5, 0.6) is 0 Å². The highest BCUT2D eigenvalue weighted by Gasteiger charge is 2.41. The molecule has 1 aromatic carbocycles. The summed E-state index contributed by atoms with van der Waals surface area (Å²) >= 11 is 0. The smallest absolute Gasteiger partial charge is 0.350 e. The fourth-order valence-corrected chi connectivity index (χ4v) is 4.24. The van der Waals surface area contributed by atoms with Crippen molar-refractivity contribution in [1.29, 1.82) is 5.26 Å². The second-order valence-electron chi connectivity index (χ2n) is 8.89. The predicted octanol–water partition coefficient (Wildman–Crippen LogP) is 3.69. The van der Waals surface area contributed by atoms with Crippen molar-refractivity contribution >= 4 is 11.8 Å². The first kappa shape index (κ1) is 22.8. The Labute approximate surface area is 187 Å². The Kier molecular flexibility index (Phi) is 5.64. The molecule has 2 aromatic rings. The summed E-state index contributed by atoms with van der Waals surface area (Å²) < 4.78 is 42.6. The van der Waals surface area contributed by atoms with Crippen molar-refractivity contribution in [3.63, 3.8) is 0 Å². The van der Waals surface area contributed by atoms with E-state index in [0.29, 0.717) is 24.9 Å². The number of fused-ring (bicyclic) bond motifs is 1. The quantitative estimate of drug-likeness (QED) is 0.743. The van der Waals surface area contributed by atoms with Gasteiger partial charge in [0.2, 0.25) is 11.7 Å². The van der Waals surface area contributed by atoms with E-state index >= 15 is 0 Å². The minimum absolute atomic E-state index is 0.243. The molecule has 1 saturated carbocycles. The van der Waals surface area contributed by atoms with Crippen LogP contribution in [0, 0.1) is 16.7 Å². The maximum Gasteiger partial charge on any atom is 0.471 e. The van der Waals surface area contributed by atoms with Crippen molar-refractivity contribution in [3.05, 3.63) is 35.2 Å². The highest BCUT2D eigenvalue weighted by molar-refractivity contribution is 5.99. The Hall–Kier alpha value is -3.42. The Morgan fingerprint density at radius 1 is 1.27 bits per heavy atom. The van der Waals surface area contributed by atoms with E-state index in [1.165, 1.54) is 6.07 Å². The lowest BCUT2D eigenvalue weighted by molar-refractivity contribution is -0.159. The van der Waals surface area contributed by atoms with Crippen LogP contribution < -0.4 is 5.32 Å². The van der Waals surface area contributed by atoms with E-state index in [4.69, 9.17) is 0 Å². The minimum Gasteiger partial charge on any atom is -0.350 e. The zero-order valence-electron chi connectivity index (χ0n) is 18.1. The highest BCUT2D eigenvalue weighted by Crippen LogP contribution is 2.34. The molecule has 1 aromatic heterocycles. The standard InChI is InChI=1S/C22H22F3N5O3/c1-21(2,11-26)19(32)27-15-5-3-4-6-16(15)30-10-13-8-7-12(9-14(13)18(30)31)17-28-20(33-29-17)22(23,24)25/h7-9,15-16H,3-6,10H2,1-2H3,(H,27,32)/t15-,16-/m1/s1. The third-order valence-corrected chi connectivity index (χ3v) is 6.16. The van der Waals surface area contributed by atoms with Crippen molar-refractivity contribution in [2.75, 3.05) is 0 Å². The number of aromatic nitrogens is 2. The molecule has 2 heterocycles. The van der Waals surface area contributed by atoms with E-state index in [2.05, 4.69) is 20.0 Å². The molecule has 11 heteroatoms. The molecule has 1 aliphatic carbocycles. The second-order valence-corrected chi connectivity index (χ2v) is 8.89. The molecule has 0 spiro atoms. The van der Waals surface area contributed by atoms with Gasteiger partial charge < -0.3 is 14.7 Å². The third-order valence-electron chi connectivity index (χ3n) is 6.16. The van der Waals surface area contributed by atoms with E-state index in [-0.39, 0.29) is 35.3 Å². The summed E-state index contributed by atoms with van der Waals surface area (Å²) in [5.41, 5.74) is 0.150.